The van der Waals surface area contributed by atoms with Crippen LogP contribution in [0.15, 0.2) is 21.8 Å². The average molecular weight is 447 g/mol. The maximum Gasteiger partial charge on any atom is 0.232 e. The average Bonchev–Trinajstić information content (AvgIpc) is 3.10. The van der Waals surface area contributed by atoms with Crippen LogP contribution >= 0.6 is 24.0 Å². The molecule has 0 aliphatic rings. The van der Waals surface area contributed by atoms with Crippen molar-refractivity contribution in [3.8, 4) is 0 Å². The van der Waals surface area contributed by atoms with E-state index in [9.17, 15) is 0 Å². The second-order valence-electron chi connectivity index (χ2n) is 6.26. The van der Waals surface area contributed by atoms with Crippen LogP contribution in [0.25, 0.3) is 0 Å². The molecule has 134 valence electrons. The molecule has 2 aromatic rings. The van der Waals surface area contributed by atoms with Crippen molar-refractivity contribution < 1.29 is 4.52 Å². The van der Waals surface area contributed by atoms with Gasteiger partial charge in [-0.3, -0.25) is 4.68 Å². The molecule has 0 radical (unpaired) electrons. The van der Waals surface area contributed by atoms with Crippen molar-refractivity contribution in [3.63, 3.8) is 0 Å². The van der Waals surface area contributed by atoms with Gasteiger partial charge in [0.05, 0.1) is 12.2 Å². The number of nitrogens with zero attached hydrogens (tertiary/aromatic N) is 5. The van der Waals surface area contributed by atoms with E-state index in [0.29, 0.717) is 30.8 Å². The number of aliphatic imine (C=N–C) groups is 1. The van der Waals surface area contributed by atoms with Gasteiger partial charge in [0.2, 0.25) is 5.89 Å². The van der Waals surface area contributed by atoms with Crippen LogP contribution in [0.2, 0.25) is 0 Å². The van der Waals surface area contributed by atoms with Crippen molar-refractivity contribution >= 4 is 29.9 Å². The van der Waals surface area contributed by atoms with Gasteiger partial charge in [0.25, 0.3) is 0 Å². The fourth-order valence-electron chi connectivity index (χ4n) is 1.86. The molecule has 0 saturated heterocycles. The molecule has 2 N–H and O–H groups in total. The summed E-state index contributed by atoms with van der Waals surface area (Å²) in [6.45, 7) is 9.90. The summed E-state index contributed by atoms with van der Waals surface area (Å²) in [6.07, 6.45) is 1.77. The summed E-state index contributed by atoms with van der Waals surface area (Å²) in [4.78, 5) is 8.87. The number of aryl methyl sites for hydroxylation is 1. The number of hydrogen-bond donors (Lipinski definition) is 2. The van der Waals surface area contributed by atoms with Crippen molar-refractivity contribution in [1.82, 2.24) is 30.6 Å². The fourth-order valence-corrected chi connectivity index (χ4v) is 1.86. The lowest BCUT2D eigenvalue weighted by atomic mass is 9.97. The molecule has 0 bridgehead atoms. The van der Waals surface area contributed by atoms with E-state index in [1.807, 2.05) is 45.5 Å². The lowest BCUT2D eigenvalue weighted by Gasteiger charge is -2.11. The summed E-state index contributed by atoms with van der Waals surface area (Å²) in [6, 6.07) is 1.96. The first-order valence-electron chi connectivity index (χ1n) is 7.72. The van der Waals surface area contributed by atoms with Crippen molar-refractivity contribution in [2.24, 2.45) is 12.0 Å². The molecule has 0 fully saturated rings. The summed E-state index contributed by atoms with van der Waals surface area (Å²) < 4.78 is 7.10. The Balaban J connectivity index is 0.00000288. The molecule has 0 amide bonds. The van der Waals surface area contributed by atoms with Crippen molar-refractivity contribution in [1.29, 1.82) is 0 Å². The Morgan fingerprint density at radius 1 is 1.33 bits per heavy atom. The van der Waals surface area contributed by atoms with Gasteiger partial charge in [0, 0.05) is 25.2 Å². The molecule has 9 heteroatoms. The quantitative estimate of drug-likeness (QED) is 0.414. The minimum atomic E-state index is -0.156. The van der Waals surface area contributed by atoms with E-state index >= 15 is 0 Å². The van der Waals surface area contributed by atoms with Gasteiger partial charge >= 0.3 is 0 Å². The molecule has 0 aromatic carbocycles. The van der Waals surface area contributed by atoms with Gasteiger partial charge in [-0.2, -0.15) is 10.1 Å². The van der Waals surface area contributed by atoms with Crippen molar-refractivity contribution in [2.75, 3.05) is 6.54 Å². The van der Waals surface area contributed by atoms with Crippen LogP contribution in [0.1, 0.15) is 45.1 Å². The molecule has 2 aromatic heterocycles. The highest BCUT2D eigenvalue weighted by molar-refractivity contribution is 14.0. The Morgan fingerprint density at radius 2 is 2.08 bits per heavy atom. The van der Waals surface area contributed by atoms with E-state index in [1.54, 1.807) is 6.20 Å². The number of rotatable bonds is 5. The van der Waals surface area contributed by atoms with Crippen LogP contribution in [0.3, 0.4) is 0 Å². The summed E-state index contributed by atoms with van der Waals surface area (Å²) in [5.41, 5.74) is 0.919. The van der Waals surface area contributed by atoms with Crippen LogP contribution in [-0.2, 0) is 25.6 Å². The highest BCUT2D eigenvalue weighted by atomic mass is 127. The second-order valence-corrected chi connectivity index (χ2v) is 6.26. The molecule has 2 heterocycles. The Morgan fingerprint density at radius 3 is 2.62 bits per heavy atom. The minimum Gasteiger partial charge on any atom is -0.357 e. The third kappa shape index (κ3) is 5.77. The molecular weight excluding hydrogens is 421 g/mol. The molecule has 2 rings (SSSR count). The van der Waals surface area contributed by atoms with Gasteiger partial charge in [0.15, 0.2) is 11.8 Å². The number of halogens is 1. The first kappa shape index (κ1) is 20.4. The SMILES string of the molecule is CCNC(=NCc1noc(C(C)(C)C)n1)NCc1ccnn1C.I. The molecule has 0 spiro atoms. The fraction of sp³-hybridized carbons (Fsp3) is 0.600. The van der Waals surface area contributed by atoms with E-state index in [2.05, 4.69) is 30.9 Å². The maximum absolute atomic E-state index is 5.27. The van der Waals surface area contributed by atoms with Crippen molar-refractivity contribution in [3.05, 3.63) is 29.7 Å². The third-order valence-corrected chi connectivity index (χ3v) is 3.19. The van der Waals surface area contributed by atoms with Crippen molar-refractivity contribution in [2.45, 2.75) is 46.2 Å². The first-order chi connectivity index (χ1) is 10.9. The highest BCUT2D eigenvalue weighted by Crippen LogP contribution is 2.19. The van der Waals surface area contributed by atoms with Crippen LogP contribution < -0.4 is 10.6 Å². The summed E-state index contributed by atoms with van der Waals surface area (Å²) >= 11 is 0. The molecule has 0 aliphatic heterocycles. The van der Waals surface area contributed by atoms with Gasteiger partial charge in [-0.05, 0) is 13.0 Å². The van der Waals surface area contributed by atoms with E-state index in [0.717, 1.165) is 12.2 Å². The smallest absolute Gasteiger partial charge is 0.232 e. The highest BCUT2D eigenvalue weighted by Gasteiger charge is 2.21. The lowest BCUT2D eigenvalue weighted by Crippen LogP contribution is -2.37. The Bertz CT molecular complexity index is 657. The zero-order valence-electron chi connectivity index (χ0n) is 14.8. The largest absolute Gasteiger partial charge is 0.357 e. The number of hydrogen-bond acceptors (Lipinski definition) is 5. The predicted molar refractivity (Wildman–Crippen MR) is 103 cm³/mol. The van der Waals surface area contributed by atoms with Gasteiger partial charge in [-0.1, -0.05) is 25.9 Å². The number of nitrogens with one attached hydrogen (secondary N) is 2. The normalized spacial score (nSPS) is 12.0. The van der Waals surface area contributed by atoms with E-state index in [1.165, 1.54) is 0 Å². The van der Waals surface area contributed by atoms with E-state index in [4.69, 9.17) is 4.52 Å². The summed E-state index contributed by atoms with van der Waals surface area (Å²) in [7, 11) is 1.91. The van der Waals surface area contributed by atoms with E-state index in [-0.39, 0.29) is 29.4 Å². The molecule has 0 atom stereocenters. The van der Waals surface area contributed by atoms with Crippen LogP contribution in [0.5, 0.6) is 0 Å². The van der Waals surface area contributed by atoms with E-state index < -0.39 is 0 Å². The van der Waals surface area contributed by atoms with Gasteiger partial charge in [-0.25, -0.2) is 4.99 Å². The molecule has 0 unspecified atom stereocenters. The third-order valence-electron chi connectivity index (χ3n) is 3.19. The topological polar surface area (TPSA) is 93.2 Å². The lowest BCUT2D eigenvalue weighted by molar-refractivity contribution is 0.318. The molecule has 0 aliphatic carbocycles. The Labute approximate surface area is 159 Å². The summed E-state index contributed by atoms with van der Waals surface area (Å²) in [5, 5.41) is 14.6. The molecule has 0 saturated carbocycles. The minimum absolute atomic E-state index is 0. The standard InChI is InChI=1S/C15H25N7O.HI/c1-6-16-14(17-9-11-7-8-19-22(11)5)18-10-12-20-13(23-21-12)15(2,3)4;/h7-8H,6,9-10H2,1-5H3,(H2,16,17,18);1H. The predicted octanol–water partition coefficient (Wildman–Crippen LogP) is 1.97. The van der Waals surface area contributed by atoms with Gasteiger partial charge in [0.1, 0.15) is 6.54 Å². The molecule has 8 nitrogen and oxygen atoms in total. The van der Waals surface area contributed by atoms with Crippen LogP contribution in [0.4, 0.5) is 0 Å². The molecular formula is C15H26IN7O. The van der Waals surface area contributed by atoms with Gasteiger partial charge < -0.3 is 15.2 Å². The number of aromatic nitrogens is 4. The van der Waals surface area contributed by atoms with Crippen LogP contribution in [0, 0.1) is 0 Å². The summed E-state index contributed by atoms with van der Waals surface area (Å²) in [5.74, 6) is 1.90. The second kappa shape index (κ2) is 9.00. The van der Waals surface area contributed by atoms with Crippen LogP contribution in [-0.4, -0.2) is 32.4 Å². The zero-order valence-corrected chi connectivity index (χ0v) is 17.2. The molecule has 24 heavy (non-hydrogen) atoms. The number of guanidine groups is 1. The zero-order chi connectivity index (χ0) is 16.9. The maximum atomic E-state index is 5.27. The van der Waals surface area contributed by atoms with Gasteiger partial charge in [-0.15, -0.1) is 24.0 Å². The Kier molecular flexibility index (Phi) is 7.64. The Hall–Kier alpha value is -1.65. The monoisotopic (exact) mass is 447 g/mol. The first-order valence-corrected chi connectivity index (χ1v) is 7.72.